The molecule has 9 heteroatoms. The van der Waals surface area contributed by atoms with Gasteiger partial charge in [-0.15, -0.1) is 0 Å². The highest BCUT2D eigenvalue weighted by atomic mass is 32.2. The van der Waals surface area contributed by atoms with Crippen molar-refractivity contribution in [1.29, 1.82) is 5.26 Å². The molecule has 1 aromatic rings. The summed E-state index contributed by atoms with van der Waals surface area (Å²) in [6.45, 7) is 8.12. The quantitative estimate of drug-likeness (QED) is 0.816. The molecule has 0 spiro atoms. The number of anilines is 1. The SMILES string of the molecule is CCN(CC(C)C#N)S(=O)(=O)N1CCN(c2cc(C)[nH]n2)CC1. The lowest BCUT2D eigenvalue weighted by Gasteiger charge is -2.36. The Bertz CT molecular complexity index is 657. The molecule has 0 aromatic carbocycles. The van der Waals surface area contributed by atoms with Crippen molar-refractivity contribution in [2.45, 2.75) is 20.8 Å². The van der Waals surface area contributed by atoms with Gasteiger partial charge in [0.2, 0.25) is 0 Å². The number of piperazine rings is 1. The number of nitrogens with one attached hydrogen (secondary N) is 1. The van der Waals surface area contributed by atoms with Crippen molar-refractivity contribution in [1.82, 2.24) is 18.8 Å². The molecule has 1 aromatic heterocycles. The van der Waals surface area contributed by atoms with Crippen LogP contribution in [0.15, 0.2) is 6.07 Å². The van der Waals surface area contributed by atoms with Crippen LogP contribution in [-0.4, -0.2) is 66.5 Å². The summed E-state index contributed by atoms with van der Waals surface area (Å²) >= 11 is 0. The Kier molecular flexibility index (Phi) is 5.62. The molecule has 0 saturated carbocycles. The number of nitriles is 1. The van der Waals surface area contributed by atoms with Crippen LogP contribution in [-0.2, 0) is 10.2 Å². The predicted octanol–water partition coefficient (Wildman–Crippen LogP) is 0.566. The standard InChI is InChI=1S/C14H24N6O2S/c1-4-19(11-12(2)10-15)23(21,22)20-7-5-18(6-8-20)14-9-13(3)16-17-14/h9,12H,4-8,11H2,1-3H3,(H,16,17). The third kappa shape index (κ3) is 4.02. The number of aryl methyl sites for hydroxylation is 1. The maximum atomic E-state index is 12.7. The monoisotopic (exact) mass is 340 g/mol. The molecule has 2 rings (SSSR count). The molecule has 1 fully saturated rings. The fraction of sp³-hybridized carbons (Fsp3) is 0.714. The average molecular weight is 340 g/mol. The van der Waals surface area contributed by atoms with Crippen LogP contribution in [0.1, 0.15) is 19.5 Å². The zero-order valence-corrected chi connectivity index (χ0v) is 14.7. The van der Waals surface area contributed by atoms with Crippen LogP contribution >= 0.6 is 0 Å². The highest BCUT2D eigenvalue weighted by molar-refractivity contribution is 7.86. The van der Waals surface area contributed by atoms with E-state index in [1.807, 2.05) is 13.0 Å². The van der Waals surface area contributed by atoms with Gasteiger partial charge >= 0.3 is 0 Å². The largest absolute Gasteiger partial charge is 0.352 e. The van der Waals surface area contributed by atoms with E-state index in [1.165, 1.54) is 8.61 Å². The van der Waals surface area contributed by atoms with Crippen LogP contribution in [0.2, 0.25) is 0 Å². The summed E-state index contributed by atoms with van der Waals surface area (Å²) in [7, 11) is -3.52. The highest BCUT2D eigenvalue weighted by Gasteiger charge is 2.32. The van der Waals surface area contributed by atoms with E-state index >= 15 is 0 Å². The number of nitrogens with zero attached hydrogens (tertiary/aromatic N) is 5. The molecular weight excluding hydrogens is 316 g/mol. The van der Waals surface area contributed by atoms with E-state index in [4.69, 9.17) is 5.26 Å². The maximum Gasteiger partial charge on any atom is 0.282 e. The van der Waals surface area contributed by atoms with E-state index in [0.717, 1.165) is 11.5 Å². The van der Waals surface area contributed by atoms with E-state index in [9.17, 15) is 8.42 Å². The number of rotatable bonds is 6. The van der Waals surface area contributed by atoms with Crippen molar-refractivity contribution in [3.8, 4) is 6.07 Å². The van der Waals surface area contributed by atoms with Crippen LogP contribution in [0.25, 0.3) is 0 Å². The number of hydrogen-bond acceptors (Lipinski definition) is 5. The van der Waals surface area contributed by atoms with E-state index in [-0.39, 0.29) is 12.5 Å². The normalized spacial score (nSPS) is 18.1. The highest BCUT2D eigenvalue weighted by Crippen LogP contribution is 2.18. The van der Waals surface area contributed by atoms with Gasteiger partial charge < -0.3 is 4.90 Å². The van der Waals surface area contributed by atoms with Gasteiger partial charge in [-0.2, -0.15) is 27.4 Å². The lowest BCUT2D eigenvalue weighted by atomic mass is 10.2. The van der Waals surface area contributed by atoms with Gasteiger partial charge in [-0.25, -0.2) is 0 Å². The van der Waals surface area contributed by atoms with E-state index in [2.05, 4.69) is 21.2 Å². The zero-order chi connectivity index (χ0) is 17.0. The van der Waals surface area contributed by atoms with Crippen LogP contribution in [0, 0.1) is 24.2 Å². The van der Waals surface area contributed by atoms with Gasteiger partial charge in [0.25, 0.3) is 10.2 Å². The average Bonchev–Trinajstić information content (AvgIpc) is 2.98. The lowest BCUT2D eigenvalue weighted by Crippen LogP contribution is -2.53. The van der Waals surface area contributed by atoms with Gasteiger partial charge in [-0.3, -0.25) is 5.10 Å². The Morgan fingerprint density at radius 3 is 2.57 bits per heavy atom. The number of aromatic amines is 1. The van der Waals surface area contributed by atoms with Crippen LogP contribution in [0.3, 0.4) is 0 Å². The Balaban J connectivity index is 2.01. The van der Waals surface area contributed by atoms with Crippen molar-refractivity contribution in [2.24, 2.45) is 5.92 Å². The number of hydrogen-bond donors (Lipinski definition) is 1. The van der Waals surface area contributed by atoms with Crippen LogP contribution in [0.4, 0.5) is 5.82 Å². The minimum atomic E-state index is -3.52. The minimum absolute atomic E-state index is 0.230. The summed E-state index contributed by atoms with van der Waals surface area (Å²) in [6, 6.07) is 4.05. The molecule has 1 saturated heterocycles. The Morgan fingerprint density at radius 1 is 1.43 bits per heavy atom. The molecule has 1 aliphatic rings. The molecule has 8 nitrogen and oxygen atoms in total. The molecule has 1 unspecified atom stereocenters. The number of aromatic nitrogens is 2. The Hall–Kier alpha value is -1.63. The smallest absolute Gasteiger partial charge is 0.282 e. The lowest BCUT2D eigenvalue weighted by molar-refractivity contribution is 0.319. The molecule has 0 radical (unpaired) electrons. The summed E-state index contributed by atoms with van der Waals surface area (Å²) in [5.74, 6) is 0.531. The molecule has 128 valence electrons. The van der Waals surface area contributed by atoms with Gasteiger partial charge in [0.1, 0.15) is 0 Å². The van der Waals surface area contributed by atoms with Crippen molar-refractivity contribution >= 4 is 16.0 Å². The molecule has 23 heavy (non-hydrogen) atoms. The van der Waals surface area contributed by atoms with Gasteiger partial charge in [-0.1, -0.05) is 6.92 Å². The molecule has 1 N–H and O–H groups in total. The van der Waals surface area contributed by atoms with Crippen LogP contribution < -0.4 is 4.90 Å². The molecular formula is C14H24N6O2S. The first-order chi connectivity index (χ1) is 10.9. The second kappa shape index (κ2) is 7.29. The Labute approximate surface area is 137 Å². The van der Waals surface area contributed by atoms with E-state index < -0.39 is 10.2 Å². The summed E-state index contributed by atoms with van der Waals surface area (Å²) < 4.78 is 28.3. The van der Waals surface area contributed by atoms with Gasteiger partial charge in [-0.05, 0) is 13.8 Å². The zero-order valence-electron chi connectivity index (χ0n) is 13.9. The van der Waals surface area contributed by atoms with Gasteiger partial charge in [0.05, 0.1) is 12.0 Å². The third-order valence-electron chi connectivity index (χ3n) is 3.96. The van der Waals surface area contributed by atoms with Crippen LogP contribution in [0.5, 0.6) is 0 Å². The molecule has 2 heterocycles. The fourth-order valence-electron chi connectivity index (χ4n) is 2.61. The molecule has 0 bridgehead atoms. The first-order valence-corrected chi connectivity index (χ1v) is 9.20. The summed E-state index contributed by atoms with van der Waals surface area (Å²) in [5.41, 5.74) is 0.984. The Morgan fingerprint density at radius 2 is 2.09 bits per heavy atom. The third-order valence-corrected chi connectivity index (χ3v) is 6.04. The molecule has 1 aliphatic heterocycles. The first-order valence-electron chi connectivity index (χ1n) is 7.80. The fourth-order valence-corrected chi connectivity index (χ4v) is 4.30. The van der Waals surface area contributed by atoms with E-state index in [1.54, 1.807) is 13.8 Å². The molecule has 0 amide bonds. The van der Waals surface area contributed by atoms with Gasteiger partial charge in [0.15, 0.2) is 5.82 Å². The first kappa shape index (κ1) is 17.7. The topological polar surface area (TPSA) is 96.3 Å². The molecule has 1 atom stereocenters. The maximum absolute atomic E-state index is 12.7. The second-order valence-corrected chi connectivity index (χ2v) is 7.71. The second-order valence-electron chi connectivity index (χ2n) is 5.78. The van der Waals surface area contributed by atoms with Crippen molar-refractivity contribution in [3.05, 3.63) is 11.8 Å². The minimum Gasteiger partial charge on any atom is -0.352 e. The predicted molar refractivity (Wildman–Crippen MR) is 88.1 cm³/mol. The van der Waals surface area contributed by atoms with E-state index in [0.29, 0.717) is 32.7 Å². The van der Waals surface area contributed by atoms with Gasteiger partial charge in [0, 0.05) is 51.0 Å². The van der Waals surface area contributed by atoms with Crippen molar-refractivity contribution < 1.29 is 8.42 Å². The number of H-pyrrole nitrogens is 1. The summed E-state index contributed by atoms with van der Waals surface area (Å²) in [6.07, 6.45) is 0. The molecule has 0 aliphatic carbocycles. The summed E-state index contributed by atoms with van der Waals surface area (Å²) in [4.78, 5) is 2.07. The summed E-state index contributed by atoms with van der Waals surface area (Å²) in [5, 5.41) is 16.0. The van der Waals surface area contributed by atoms with Crippen molar-refractivity contribution in [2.75, 3.05) is 44.2 Å². The van der Waals surface area contributed by atoms with Crippen molar-refractivity contribution in [3.63, 3.8) is 0 Å².